The summed E-state index contributed by atoms with van der Waals surface area (Å²) in [5, 5.41) is 4.98. The summed E-state index contributed by atoms with van der Waals surface area (Å²) in [5.74, 6) is 0. The molecular weight excluding hydrogens is 282 g/mol. The number of benzene rings is 1. The van der Waals surface area contributed by atoms with Crippen molar-refractivity contribution >= 4 is 22.6 Å². The molecule has 1 unspecified atom stereocenters. The van der Waals surface area contributed by atoms with Gasteiger partial charge < -0.3 is 9.88 Å². The van der Waals surface area contributed by atoms with Crippen LogP contribution in [0.1, 0.15) is 18.0 Å². The van der Waals surface area contributed by atoms with Gasteiger partial charge >= 0.3 is 0 Å². The number of fused-ring (bicyclic) bond motifs is 1. The monoisotopic (exact) mass is 299 g/mol. The molecule has 0 amide bonds. The summed E-state index contributed by atoms with van der Waals surface area (Å²) in [7, 11) is 1.98. The first-order valence-electron chi connectivity index (χ1n) is 7.12. The Morgan fingerprint density at radius 2 is 2.00 bits per heavy atom. The van der Waals surface area contributed by atoms with Crippen LogP contribution in [-0.4, -0.2) is 23.1 Å². The van der Waals surface area contributed by atoms with Crippen LogP contribution in [-0.2, 0) is 0 Å². The van der Waals surface area contributed by atoms with Crippen LogP contribution >= 0.6 is 11.6 Å². The van der Waals surface area contributed by atoms with Crippen LogP contribution in [0, 0.1) is 0 Å². The smallest absolute Gasteiger partial charge is 0.141 e. The van der Waals surface area contributed by atoms with Gasteiger partial charge in [0, 0.05) is 17.8 Å². The van der Waals surface area contributed by atoms with Crippen LogP contribution in [0.15, 0.2) is 54.9 Å². The number of hydrogen-bond donors (Lipinski definition) is 1. The van der Waals surface area contributed by atoms with E-state index >= 15 is 0 Å². The topological polar surface area (TPSA) is 29.9 Å². The molecule has 0 spiro atoms. The Morgan fingerprint density at radius 3 is 2.76 bits per heavy atom. The predicted octanol–water partition coefficient (Wildman–Crippen LogP) is 3.89. The van der Waals surface area contributed by atoms with E-state index in [0.29, 0.717) is 0 Å². The fourth-order valence-electron chi connectivity index (χ4n) is 2.70. The summed E-state index contributed by atoms with van der Waals surface area (Å²) in [6.07, 6.45) is 4.84. The zero-order valence-corrected chi connectivity index (χ0v) is 12.7. The minimum atomic E-state index is 0.252. The molecule has 4 heteroatoms. The molecule has 1 atom stereocenters. The van der Waals surface area contributed by atoms with Gasteiger partial charge in [-0.2, -0.15) is 0 Å². The Morgan fingerprint density at radius 1 is 1.19 bits per heavy atom. The lowest BCUT2D eigenvalue weighted by molar-refractivity contribution is 0.537. The van der Waals surface area contributed by atoms with Crippen LogP contribution in [0.2, 0.25) is 5.02 Å². The van der Waals surface area contributed by atoms with E-state index in [1.165, 1.54) is 5.56 Å². The molecule has 3 aromatic rings. The normalized spacial score (nSPS) is 12.7. The zero-order valence-electron chi connectivity index (χ0n) is 12.0. The van der Waals surface area contributed by atoms with Gasteiger partial charge in [0.15, 0.2) is 0 Å². The molecule has 0 saturated heterocycles. The Labute approximate surface area is 129 Å². The quantitative estimate of drug-likeness (QED) is 0.774. The highest BCUT2D eigenvalue weighted by Crippen LogP contribution is 2.29. The second-order valence-electron chi connectivity index (χ2n) is 5.07. The van der Waals surface area contributed by atoms with Crippen molar-refractivity contribution in [3.8, 4) is 0 Å². The van der Waals surface area contributed by atoms with Crippen molar-refractivity contribution in [2.45, 2.75) is 12.5 Å². The molecule has 2 aromatic heterocycles. The van der Waals surface area contributed by atoms with Crippen molar-refractivity contribution in [3.05, 3.63) is 65.4 Å². The van der Waals surface area contributed by atoms with Gasteiger partial charge in [0.25, 0.3) is 0 Å². The number of halogens is 1. The largest absolute Gasteiger partial charge is 0.325 e. The number of nitrogens with one attached hydrogen (secondary N) is 1. The van der Waals surface area contributed by atoms with E-state index in [0.717, 1.165) is 29.0 Å². The van der Waals surface area contributed by atoms with E-state index < -0.39 is 0 Å². The molecule has 0 aliphatic rings. The van der Waals surface area contributed by atoms with Crippen molar-refractivity contribution in [1.82, 2.24) is 14.9 Å². The van der Waals surface area contributed by atoms with Gasteiger partial charge in [-0.15, -0.1) is 0 Å². The molecule has 0 radical (unpaired) electrons. The summed E-state index contributed by atoms with van der Waals surface area (Å²) in [6, 6.07) is 14.7. The highest BCUT2D eigenvalue weighted by Gasteiger charge is 2.16. The van der Waals surface area contributed by atoms with Crippen molar-refractivity contribution in [2.24, 2.45) is 0 Å². The van der Waals surface area contributed by atoms with Crippen LogP contribution in [0.4, 0.5) is 0 Å². The summed E-state index contributed by atoms with van der Waals surface area (Å²) in [4.78, 5) is 4.51. The van der Waals surface area contributed by atoms with Gasteiger partial charge in [0.05, 0.1) is 11.1 Å². The predicted molar refractivity (Wildman–Crippen MR) is 87.9 cm³/mol. The van der Waals surface area contributed by atoms with Crippen LogP contribution < -0.4 is 5.32 Å². The van der Waals surface area contributed by atoms with Crippen molar-refractivity contribution in [2.75, 3.05) is 13.6 Å². The second kappa shape index (κ2) is 6.29. The zero-order chi connectivity index (χ0) is 14.7. The molecule has 108 valence electrons. The third kappa shape index (κ3) is 2.80. The van der Waals surface area contributed by atoms with Crippen molar-refractivity contribution in [1.29, 1.82) is 0 Å². The molecule has 3 nitrogen and oxygen atoms in total. The lowest BCUT2D eigenvalue weighted by Crippen LogP contribution is -2.17. The van der Waals surface area contributed by atoms with Gasteiger partial charge in [-0.25, -0.2) is 4.98 Å². The first kappa shape index (κ1) is 14.1. The van der Waals surface area contributed by atoms with Crippen molar-refractivity contribution in [3.63, 3.8) is 0 Å². The van der Waals surface area contributed by atoms with Gasteiger partial charge in [-0.3, -0.25) is 0 Å². The van der Waals surface area contributed by atoms with E-state index in [-0.39, 0.29) is 6.04 Å². The van der Waals surface area contributed by atoms with Gasteiger partial charge in [-0.1, -0.05) is 41.9 Å². The van der Waals surface area contributed by atoms with Crippen LogP contribution in [0.5, 0.6) is 0 Å². The first-order valence-corrected chi connectivity index (χ1v) is 7.49. The van der Waals surface area contributed by atoms with Gasteiger partial charge in [0.2, 0.25) is 0 Å². The molecule has 2 heterocycles. The van der Waals surface area contributed by atoms with E-state index in [4.69, 9.17) is 11.6 Å². The minimum absolute atomic E-state index is 0.252. The minimum Gasteiger partial charge on any atom is -0.325 e. The fourth-order valence-corrected chi connectivity index (χ4v) is 2.90. The molecule has 0 fully saturated rings. The lowest BCUT2D eigenvalue weighted by atomic mass is 10.0. The summed E-state index contributed by atoms with van der Waals surface area (Å²) in [5.41, 5.74) is 2.22. The van der Waals surface area contributed by atoms with E-state index in [1.807, 2.05) is 25.2 Å². The van der Waals surface area contributed by atoms with Crippen molar-refractivity contribution < 1.29 is 0 Å². The number of hydrogen-bond acceptors (Lipinski definition) is 2. The molecule has 1 aromatic carbocycles. The number of nitrogens with zero attached hydrogens (tertiary/aromatic N) is 2. The summed E-state index contributed by atoms with van der Waals surface area (Å²) >= 11 is 6.26. The van der Waals surface area contributed by atoms with E-state index in [9.17, 15) is 0 Å². The second-order valence-corrected chi connectivity index (χ2v) is 5.48. The molecule has 0 bridgehead atoms. The molecule has 0 aliphatic heterocycles. The molecule has 21 heavy (non-hydrogen) atoms. The van der Waals surface area contributed by atoms with Crippen LogP contribution in [0.25, 0.3) is 11.0 Å². The third-order valence-corrected chi connectivity index (χ3v) is 4.08. The maximum absolute atomic E-state index is 6.26. The summed E-state index contributed by atoms with van der Waals surface area (Å²) < 4.78 is 2.22. The molecule has 0 aliphatic carbocycles. The number of rotatable bonds is 5. The standard InChI is InChI=1S/C17H18ClN3/c1-19-10-8-16(13-5-3-2-4-6-13)21-12-9-14-15(18)7-11-20-17(14)21/h2-7,9,11-12,16,19H,8,10H2,1H3. The lowest BCUT2D eigenvalue weighted by Gasteiger charge is -2.20. The highest BCUT2D eigenvalue weighted by atomic mass is 35.5. The SMILES string of the molecule is CNCCC(c1ccccc1)n1ccc2c(Cl)ccnc21. The molecular formula is C17H18ClN3. The van der Waals surface area contributed by atoms with E-state index in [2.05, 4.69) is 45.3 Å². The average molecular weight is 300 g/mol. The van der Waals surface area contributed by atoms with E-state index in [1.54, 1.807) is 6.20 Å². The summed E-state index contributed by atoms with van der Waals surface area (Å²) in [6.45, 7) is 0.944. The average Bonchev–Trinajstić information content (AvgIpc) is 2.94. The third-order valence-electron chi connectivity index (χ3n) is 3.75. The Hall–Kier alpha value is -1.84. The number of pyridine rings is 1. The van der Waals surface area contributed by atoms with Gasteiger partial charge in [0.1, 0.15) is 5.65 Å². The van der Waals surface area contributed by atoms with Crippen LogP contribution in [0.3, 0.4) is 0 Å². The maximum atomic E-state index is 6.26. The molecule has 0 saturated carbocycles. The Kier molecular flexibility index (Phi) is 4.23. The first-order chi connectivity index (χ1) is 10.3. The molecule has 3 rings (SSSR count). The Balaban J connectivity index is 2.08. The fraction of sp³-hybridized carbons (Fsp3) is 0.235. The number of aromatic nitrogens is 2. The molecule has 1 N–H and O–H groups in total. The highest BCUT2D eigenvalue weighted by molar-refractivity contribution is 6.35. The van der Waals surface area contributed by atoms with Gasteiger partial charge in [-0.05, 0) is 37.7 Å². The Bertz CT molecular complexity index is 721. The maximum Gasteiger partial charge on any atom is 0.141 e.